The molecule has 6 nitrogen and oxygen atoms in total. The van der Waals surface area contributed by atoms with Crippen molar-refractivity contribution in [1.29, 1.82) is 0 Å². The molecule has 0 aliphatic rings. The Labute approximate surface area is 223 Å². The largest absolute Gasteiger partial charge is 2.00 e. The van der Waals surface area contributed by atoms with Crippen LogP contribution in [0, 0.1) is 0 Å². The van der Waals surface area contributed by atoms with Crippen LogP contribution < -0.4 is 19.7 Å². The molecule has 1 radical (unpaired) electrons. The van der Waals surface area contributed by atoms with Gasteiger partial charge in [0.1, 0.15) is 11.5 Å². The van der Waals surface area contributed by atoms with E-state index in [9.17, 15) is 10.2 Å². The van der Waals surface area contributed by atoms with Crippen LogP contribution >= 0.6 is 22.7 Å². The molecular weight excluding hydrogens is 532 g/mol. The average Bonchev–Trinajstić information content (AvgIpc) is 3.56. The fourth-order valence-electron chi connectivity index (χ4n) is 2.86. The topological polar surface area (TPSA) is 89.3 Å². The van der Waals surface area contributed by atoms with Crippen LogP contribution in [0.4, 0.5) is 0 Å². The monoisotopic (exact) mass is 555 g/mol. The summed E-state index contributed by atoms with van der Waals surface area (Å²) in [4.78, 5) is 10.9. The van der Waals surface area contributed by atoms with Crippen molar-refractivity contribution >= 4 is 35.1 Å². The van der Waals surface area contributed by atoms with E-state index >= 15 is 0 Å². The van der Waals surface area contributed by atoms with Crippen LogP contribution in [0.5, 0.6) is 23.0 Å². The van der Waals surface area contributed by atoms with Crippen LogP contribution in [0.15, 0.2) is 81.4 Å². The van der Waals surface area contributed by atoms with Crippen LogP contribution in [0.3, 0.4) is 0 Å². The van der Waals surface area contributed by atoms with Gasteiger partial charge < -0.3 is 19.7 Å². The van der Waals surface area contributed by atoms with E-state index in [4.69, 9.17) is 9.47 Å². The number of ether oxygens (including phenoxy) is 2. The van der Waals surface area contributed by atoms with Gasteiger partial charge in [0.05, 0.1) is 27.3 Å². The standard InChI is InChI=1S/2C13H13NO2S.Cu/c2*1-16-12-6-2-4-10(13(12)15)8-14-9-11-5-3-7-17-11;/h2*2-8,15H,9H2,1H3;/q;;+2/p-2. The van der Waals surface area contributed by atoms with Crippen LogP contribution in [0.2, 0.25) is 0 Å². The van der Waals surface area contributed by atoms with Gasteiger partial charge >= 0.3 is 17.1 Å². The van der Waals surface area contributed by atoms with Crippen molar-refractivity contribution in [1.82, 2.24) is 0 Å². The van der Waals surface area contributed by atoms with E-state index in [1.165, 1.54) is 24.0 Å². The number of hydrogen-bond acceptors (Lipinski definition) is 8. The van der Waals surface area contributed by atoms with E-state index < -0.39 is 0 Å². The first kappa shape index (κ1) is 28.1. The fraction of sp³-hybridized carbons (Fsp3) is 0.154. The second kappa shape index (κ2) is 15.0. The molecule has 0 spiro atoms. The van der Waals surface area contributed by atoms with Crippen LogP contribution in [-0.2, 0) is 30.2 Å². The Hall–Kier alpha value is -3.10. The quantitative estimate of drug-likeness (QED) is 0.228. The van der Waals surface area contributed by atoms with E-state index in [1.54, 1.807) is 71.5 Å². The normalized spacial score (nSPS) is 10.6. The molecule has 185 valence electrons. The number of aliphatic imine (C=N–C) groups is 2. The van der Waals surface area contributed by atoms with Gasteiger partial charge in [0.2, 0.25) is 0 Å². The van der Waals surface area contributed by atoms with E-state index in [-0.39, 0.29) is 28.6 Å². The summed E-state index contributed by atoms with van der Waals surface area (Å²) in [6, 6.07) is 18.4. The maximum atomic E-state index is 11.8. The molecule has 0 aliphatic carbocycles. The number of para-hydroxylation sites is 2. The first-order valence-electron chi connectivity index (χ1n) is 10.3. The summed E-state index contributed by atoms with van der Waals surface area (Å²) in [5.41, 5.74) is 1.11. The number of benzene rings is 2. The minimum atomic E-state index is -0.120. The summed E-state index contributed by atoms with van der Waals surface area (Å²) in [7, 11) is 2.98. The second-order valence-electron chi connectivity index (χ2n) is 6.86. The van der Waals surface area contributed by atoms with Crippen LogP contribution in [0.25, 0.3) is 0 Å². The smallest absolute Gasteiger partial charge is 0.870 e. The third-order valence-electron chi connectivity index (χ3n) is 4.57. The van der Waals surface area contributed by atoms with Crippen molar-refractivity contribution in [3.8, 4) is 23.0 Å². The third-order valence-corrected chi connectivity index (χ3v) is 6.30. The fourth-order valence-corrected chi connectivity index (χ4v) is 4.14. The average molecular weight is 556 g/mol. The molecule has 0 saturated carbocycles. The summed E-state index contributed by atoms with van der Waals surface area (Å²) in [6.45, 7) is 1.21. The molecule has 0 N–H and O–H groups in total. The summed E-state index contributed by atoms with van der Waals surface area (Å²) >= 11 is 3.31. The molecule has 0 fully saturated rings. The predicted molar refractivity (Wildman–Crippen MR) is 136 cm³/mol. The van der Waals surface area contributed by atoms with Gasteiger partial charge in [0, 0.05) is 22.2 Å². The van der Waals surface area contributed by atoms with E-state index in [1.807, 2.05) is 35.0 Å². The predicted octanol–water partition coefficient (Wildman–Crippen LogP) is 4.90. The van der Waals surface area contributed by atoms with Crippen LogP contribution in [0.1, 0.15) is 20.9 Å². The van der Waals surface area contributed by atoms with Gasteiger partial charge in [0.15, 0.2) is 0 Å². The molecule has 0 saturated heterocycles. The SMILES string of the molecule is COc1cccc(C=NCc2cccs2)c1[O-].COc1cccc(C=NCc2cccs2)c1[O-].[Cu+2]. The van der Waals surface area contributed by atoms with Crippen molar-refractivity contribution in [3.05, 3.63) is 92.3 Å². The third kappa shape index (κ3) is 8.56. The number of methoxy groups -OCH3 is 2. The van der Waals surface area contributed by atoms with Gasteiger partial charge in [-0.2, -0.15) is 0 Å². The molecular formula is C26H24CuN2O4S2. The molecule has 35 heavy (non-hydrogen) atoms. The Kier molecular flexibility index (Phi) is 12.1. The Bertz CT molecular complexity index is 1110. The molecule has 2 aromatic heterocycles. The Morgan fingerprint density at radius 1 is 0.686 bits per heavy atom. The van der Waals surface area contributed by atoms with Crippen LogP contribution in [-0.4, -0.2) is 26.6 Å². The van der Waals surface area contributed by atoms with E-state index in [0.717, 1.165) is 0 Å². The van der Waals surface area contributed by atoms with Gasteiger partial charge in [-0.15, -0.1) is 22.7 Å². The molecule has 2 heterocycles. The molecule has 0 atom stereocenters. The Morgan fingerprint density at radius 3 is 1.46 bits per heavy atom. The molecule has 0 unspecified atom stereocenters. The van der Waals surface area contributed by atoms with Crippen molar-refractivity contribution < 1.29 is 36.8 Å². The van der Waals surface area contributed by atoms with E-state index in [2.05, 4.69) is 9.98 Å². The first-order chi connectivity index (χ1) is 16.6. The Balaban J connectivity index is 0.000000240. The van der Waals surface area contributed by atoms with Gasteiger partial charge in [0.25, 0.3) is 0 Å². The number of thiophene rings is 2. The zero-order chi connectivity index (χ0) is 24.2. The van der Waals surface area contributed by atoms with Crippen molar-refractivity contribution in [2.75, 3.05) is 14.2 Å². The zero-order valence-electron chi connectivity index (χ0n) is 19.1. The molecule has 9 heteroatoms. The molecule has 0 amide bonds. The number of hydrogen-bond donors (Lipinski definition) is 0. The van der Waals surface area contributed by atoms with Crippen molar-refractivity contribution in [2.45, 2.75) is 13.1 Å². The molecule has 0 aliphatic heterocycles. The minimum absolute atomic E-state index is 0. The molecule has 4 aromatic rings. The maximum Gasteiger partial charge on any atom is 2.00 e. The van der Waals surface area contributed by atoms with Crippen molar-refractivity contribution in [2.24, 2.45) is 9.98 Å². The maximum absolute atomic E-state index is 11.8. The molecule has 0 bridgehead atoms. The van der Waals surface area contributed by atoms with Gasteiger partial charge in [-0.25, -0.2) is 0 Å². The molecule has 4 rings (SSSR count). The number of nitrogens with zero attached hydrogens (tertiary/aromatic N) is 2. The summed E-state index contributed by atoms with van der Waals surface area (Å²) in [5.74, 6) is 0.463. The summed E-state index contributed by atoms with van der Waals surface area (Å²) < 4.78 is 9.93. The first-order valence-corrected chi connectivity index (χ1v) is 12.1. The van der Waals surface area contributed by atoms with Gasteiger partial charge in [-0.3, -0.25) is 9.98 Å². The second-order valence-corrected chi connectivity index (χ2v) is 8.92. The van der Waals surface area contributed by atoms with E-state index in [0.29, 0.717) is 35.7 Å². The van der Waals surface area contributed by atoms with Crippen molar-refractivity contribution in [3.63, 3.8) is 0 Å². The summed E-state index contributed by atoms with van der Waals surface area (Å²) in [6.07, 6.45) is 3.20. The zero-order valence-corrected chi connectivity index (χ0v) is 21.7. The summed E-state index contributed by atoms with van der Waals surface area (Å²) in [5, 5.41) is 27.6. The number of rotatable bonds is 8. The minimum Gasteiger partial charge on any atom is -0.870 e. The molecule has 2 aromatic carbocycles. The van der Waals surface area contributed by atoms with Gasteiger partial charge in [-0.1, -0.05) is 47.9 Å². The van der Waals surface area contributed by atoms with Gasteiger partial charge in [-0.05, 0) is 46.2 Å². The Morgan fingerprint density at radius 2 is 1.11 bits per heavy atom.